The topological polar surface area (TPSA) is 76.4 Å². The molecule has 7 nitrogen and oxygen atoms in total. The molecule has 4 aromatic rings. The van der Waals surface area contributed by atoms with Crippen molar-refractivity contribution < 1.29 is 32.6 Å². The van der Waals surface area contributed by atoms with Crippen molar-refractivity contribution in [3.8, 4) is 45.4 Å². The number of fused-ring (bicyclic) bond motifs is 1. The largest absolute Gasteiger partial charge is 0.543 e. The second-order valence-electron chi connectivity index (χ2n) is 10.8. The Hall–Kier alpha value is -3.91. The van der Waals surface area contributed by atoms with Gasteiger partial charge in [0.15, 0.2) is 0 Å². The number of methoxy groups -OCH3 is 4. The van der Waals surface area contributed by atoms with Crippen molar-refractivity contribution in [2.24, 2.45) is 0 Å². The zero-order chi connectivity index (χ0) is 28.5. The Morgan fingerprint density at radius 1 is 0.769 bits per heavy atom. The molecule has 206 valence electrons. The van der Waals surface area contributed by atoms with Crippen LogP contribution in [0.1, 0.15) is 31.1 Å². The summed E-state index contributed by atoms with van der Waals surface area (Å²) in [6, 6.07) is 16.8. The number of benzene rings is 3. The molecule has 0 spiro atoms. The van der Waals surface area contributed by atoms with E-state index >= 15 is 0 Å². The molecule has 1 aromatic heterocycles. The van der Waals surface area contributed by atoms with Crippen LogP contribution >= 0.6 is 0 Å². The molecule has 0 saturated carbocycles. The second kappa shape index (κ2) is 10.7. The number of ether oxygens (including phenoxy) is 4. The lowest BCUT2D eigenvalue weighted by Crippen LogP contribution is -2.43. The van der Waals surface area contributed by atoms with Crippen molar-refractivity contribution in [2.45, 2.75) is 38.9 Å². The van der Waals surface area contributed by atoms with Gasteiger partial charge in [-0.3, -0.25) is 0 Å². The van der Waals surface area contributed by atoms with Gasteiger partial charge in [-0.2, -0.15) is 0 Å². The van der Waals surface area contributed by atoms with Crippen molar-refractivity contribution in [1.82, 2.24) is 0 Å². The van der Waals surface area contributed by atoms with E-state index < -0.39 is 14.3 Å². The fourth-order valence-corrected chi connectivity index (χ4v) is 5.13. The zero-order valence-corrected chi connectivity index (χ0v) is 25.1. The SMILES string of the molecule is COC(=O)c1cc(O[Si](C)(C)C(C)(C)C)c2c(-c3cc(OC)cc(OC)c3)c(-c3ccc(OC)cc3)oc2c1. The standard InChI is InChI=1S/C31H36O7Si/c1-31(2,3)39(8,9)38-26-17-21(30(32)36-7)16-25-28(26)27(20-14-23(34-5)18-24(15-20)35-6)29(37-25)19-10-12-22(33-4)13-11-19/h10-18H,1-9H3. The van der Waals surface area contributed by atoms with E-state index in [9.17, 15) is 4.79 Å². The van der Waals surface area contributed by atoms with Crippen molar-refractivity contribution in [2.75, 3.05) is 28.4 Å². The number of hydrogen-bond acceptors (Lipinski definition) is 7. The first kappa shape index (κ1) is 28.1. The van der Waals surface area contributed by atoms with Gasteiger partial charge < -0.3 is 27.8 Å². The lowest BCUT2D eigenvalue weighted by molar-refractivity contribution is 0.0600. The Morgan fingerprint density at radius 2 is 1.36 bits per heavy atom. The van der Waals surface area contributed by atoms with Crippen LogP contribution in [0, 0.1) is 0 Å². The molecule has 0 saturated heterocycles. The van der Waals surface area contributed by atoms with Gasteiger partial charge in [0.2, 0.25) is 0 Å². The number of esters is 1. The molecule has 1 heterocycles. The van der Waals surface area contributed by atoms with Gasteiger partial charge in [-0.05, 0) is 72.2 Å². The highest BCUT2D eigenvalue weighted by Gasteiger charge is 2.40. The number of furan rings is 1. The number of hydrogen-bond donors (Lipinski definition) is 0. The predicted molar refractivity (Wildman–Crippen MR) is 156 cm³/mol. The average molecular weight is 549 g/mol. The minimum absolute atomic E-state index is 0.0809. The molecule has 4 rings (SSSR count). The summed E-state index contributed by atoms with van der Waals surface area (Å²) in [6.45, 7) is 10.9. The Kier molecular flexibility index (Phi) is 7.70. The van der Waals surface area contributed by atoms with Crippen LogP contribution in [0.3, 0.4) is 0 Å². The maximum atomic E-state index is 12.7. The van der Waals surface area contributed by atoms with Gasteiger partial charge in [0.25, 0.3) is 8.32 Å². The molecule has 8 heteroatoms. The Morgan fingerprint density at radius 3 is 1.87 bits per heavy atom. The lowest BCUT2D eigenvalue weighted by Gasteiger charge is -2.36. The van der Waals surface area contributed by atoms with Crippen molar-refractivity contribution in [3.63, 3.8) is 0 Å². The van der Waals surface area contributed by atoms with Crippen molar-refractivity contribution in [3.05, 3.63) is 60.2 Å². The molecule has 0 bridgehead atoms. The Labute approximate surface area is 230 Å². The molecule has 39 heavy (non-hydrogen) atoms. The average Bonchev–Trinajstić information content (AvgIpc) is 3.31. The first-order valence-electron chi connectivity index (χ1n) is 12.7. The van der Waals surface area contributed by atoms with Gasteiger partial charge in [-0.25, -0.2) is 4.79 Å². The van der Waals surface area contributed by atoms with Crippen LogP contribution < -0.4 is 18.6 Å². The molecule has 0 aliphatic carbocycles. The van der Waals surface area contributed by atoms with Gasteiger partial charge in [-0.15, -0.1) is 0 Å². The molecule has 0 fully saturated rings. The maximum absolute atomic E-state index is 12.7. The van der Waals surface area contributed by atoms with E-state index in [0.717, 1.165) is 27.8 Å². The third kappa shape index (κ3) is 5.47. The summed E-state index contributed by atoms with van der Waals surface area (Å²) >= 11 is 0. The van der Waals surface area contributed by atoms with E-state index in [1.165, 1.54) is 7.11 Å². The monoisotopic (exact) mass is 548 g/mol. The predicted octanol–water partition coefficient (Wildman–Crippen LogP) is 7.96. The van der Waals surface area contributed by atoms with Crippen LogP contribution in [0.4, 0.5) is 0 Å². The van der Waals surface area contributed by atoms with E-state index in [2.05, 4.69) is 33.9 Å². The summed E-state index contributed by atoms with van der Waals surface area (Å²) in [5.74, 6) is 2.72. The molecule has 0 unspecified atom stereocenters. The summed E-state index contributed by atoms with van der Waals surface area (Å²) in [7, 11) is 3.89. The highest BCUT2D eigenvalue weighted by atomic mass is 28.4. The number of carbonyl (C=O) groups excluding carboxylic acids is 1. The Bertz CT molecular complexity index is 1470. The molecule has 0 aliphatic heterocycles. The van der Waals surface area contributed by atoms with Gasteiger partial charge in [0, 0.05) is 17.2 Å². The lowest BCUT2D eigenvalue weighted by atomic mass is 9.97. The van der Waals surface area contributed by atoms with Crippen molar-refractivity contribution in [1.29, 1.82) is 0 Å². The zero-order valence-electron chi connectivity index (χ0n) is 24.1. The maximum Gasteiger partial charge on any atom is 0.338 e. The van der Waals surface area contributed by atoms with Crippen molar-refractivity contribution >= 4 is 25.3 Å². The first-order valence-corrected chi connectivity index (χ1v) is 15.6. The summed E-state index contributed by atoms with van der Waals surface area (Å²) in [5, 5.41) is 0.677. The van der Waals surface area contributed by atoms with Gasteiger partial charge in [-0.1, -0.05) is 20.8 Å². The van der Waals surface area contributed by atoms with Crippen LogP contribution in [0.15, 0.2) is 59.0 Å². The number of carbonyl (C=O) groups is 1. The highest BCUT2D eigenvalue weighted by Crippen LogP contribution is 2.49. The molecule has 0 atom stereocenters. The molecule has 0 radical (unpaired) electrons. The molecule has 0 aliphatic rings. The third-order valence-electron chi connectivity index (χ3n) is 7.34. The summed E-state index contributed by atoms with van der Waals surface area (Å²) in [4.78, 5) is 12.7. The molecule has 0 amide bonds. The summed E-state index contributed by atoms with van der Waals surface area (Å²) < 4.78 is 35.0. The smallest absolute Gasteiger partial charge is 0.338 e. The summed E-state index contributed by atoms with van der Waals surface area (Å²) in [6.07, 6.45) is 0. The molecule has 0 N–H and O–H groups in total. The first-order chi connectivity index (χ1) is 18.4. The fourth-order valence-electron chi connectivity index (χ4n) is 4.11. The highest BCUT2D eigenvalue weighted by molar-refractivity contribution is 6.74. The van der Waals surface area contributed by atoms with Crippen LogP contribution in [-0.4, -0.2) is 42.7 Å². The quantitative estimate of drug-likeness (QED) is 0.163. The van der Waals surface area contributed by atoms with E-state index in [-0.39, 0.29) is 5.04 Å². The molecule has 3 aromatic carbocycles. The Balaban J connectivity index is 2.12. The minimum atomic E-state index is -2.33. The molecular formula is C31H36O7Si. The van der Waals surface area contributed by atoms with Crippen LogP contribution in [0.2, 0.25) is 18.1 Å². The molecular weight excluding hydrogens is 512 g/mol. The van der Waals surface area contributed by atoms with Crippen LogP contribution in [0.5, 0.6) is 23.0 Å². The summed E-state index contributed by atoms with van der Waals surface area (Å²) in [5.41, 5.74) is 3.32. The van der Waals surface area contributed by atoms with Crippen LogP contribution in [-0.2, 0) is 4.74 Å². The van der Waals surface area contributed by atoms with E-state index in [1.54, 1.807) is 33.5 Å². The van der Waals surface area contributed by atoms with Gasteiger partial charge >= 0.3 is 5.97 Å². The van der Waals surface area contributed by atoms with Gasteiger partial charge in [0.05, 0.1) is 39.4 Å². The van der Waals surface area contributed by atoms with E-state index in [1.807, 2.05) is 42.5 Å². The number of rotatable bonds is 8. The fraction of sp³-hybridized carbons (Fsp3) is 0.323. The van der Waals surface area contributed by atoms with E-state index in [0.29, 0.717) is 34.2 Å². The normalized spacial score (nSPS) is 11.8. The minimum Gasteiger partial charge on any atom is -0.543 e. The third-order valence-corrected chi connectivity index (χ3v) is 11.7. The van der Waals surface area contributed by atoms with E-state index in [4.69, 9.17) is 27.8 Å². The van der Waals surface area contributed by atoms with Gasteiger partial charge in [0.1, 0.15) is 34.3 Å². The van der Waals surface area contributed by atoms with Crippen LogP contribution in [0.25, 0.3) is 33.4 Å². The second-order valence-corrected chi connectivity index (χ2v) is 15.6.